The quantitative estimate of drug-likeness (QED) is 0.617. The number of esters is 1. The summed E-state index contributed by atoms with van der Waals surface area (Å²) in [4.78, 5) is 17.8. The molecule has 3 saturated heterocycles. The van der Waals surface area contributed by atoms with E-state index in [9.17, 15) is 9.90 Å². The lowest BCUT2D eigenvalue weighted by Crippen LogP contribution is -2.73. The van der Waals surface area contributed by atoms with Crippen LogP contribution in [-0.2, 0) is 14.9 Å². The van der Waals surface area contributed by atoms with E-state index in [-0.39, 0.29) is 17.8 Å². The van der Waals surface area contributed by atoms with Crippen LogP contribution < -0.4 is 4.90 Å². The van der Waals surface area contributed by atoms with Crippen molar-refractivity contribution in [1.82, 2.24) is 4.90 Å². The zero-order valence-corrected chi connectivity index (χ0v) is 15.6. The predicted molar refractivity (Wildman–Crippen MR) is 98.8 cm³/mol. The van der Waals surface area contributed by atoms with Crippen LogP contribution in [0.15, 0.2) is 35.9 Å². The van der Waals surface area contributed by atoms with Crippen LogP contribution in [0.5, 0.6) is 0 Å². The Bertz CT molecular complexity index is 821. The molecule has 4 aliphatic heterocycles. The number of carbonyl (C=O) groups is 1. The molecule has 4 bridgehead atoms. The molecule has 1 unspecified atom stereocenters. The van der Waals surface area contributed by atoms with Gasteiger partial charge < -0.3 is 14.7 Å². The summed E-state index contributed by atoms with van der Waals surface area (Å²) in [7, 11) is 3.57. The third-order valence-electron chi connectivity index (χ3n) is 7.72. The number of aliphatic hydroxyl groups is 1. The molecule has 1 aromatic carbocycles. The lowest BCUT2D eigenvalue weighted by atomic mass is 9.53. The first-order valence-electron chi connectivity index (χ1n) is 9.53. The molecule has 4 fully saturated rings. The SMILES string of the molecule is CC=C1CN2CC[C@@]34c5ccccc5N(C)[C@@]23[C@@H](O)C[C@@H]1[C@@H]4C(=O)OC. The van der Waals surface area contributed by atoms with E-state index < -0.39 is 17.2 Å². The molecule has 5 aliphatic rings. The summed E-state index contributed by atoms with van der Waals surface area (Å²) in [6.45, 7) is 3.74. The molecule has 1 saturated carbocycles. The number of rotatable bonds is 1. The van der Waals surface area contributed by atoms with Gasteiger partial charge in [-0.05, 0) is 37.3 Å². The Balaban J connectivity index is 1.88. The summed E-state index contributed by atoms with van der Waals surface area (Å²) in [6, 6.07) is 8.37. The Hall–Kier alpha value is -1.85. The molecular weight excluding hydrogens is 328 g/mol. The maximum absolute atomic E-state index is 13.1. The maximum Gasteiger partial charge on any atom is 0.310 e. The molecule has 0 aromatic heterocycles. The molecule has 138 valence electrons. The highest BCUT2D eigenvalue weighted by molar-refractivity contribution is 5.82. The first-order valence-corrected chi connectivity index (χ1v) is 9.53. The Morgan fingerprint density at radius 3 is 2.88 bits per heavy atom. The largest absolute Gasteiger partial charge is 0.469 e. The fraction of sp³-hybridized carbons (Fsp3) is 0.571. The minimum Gasteiger partial charge on any atom is -0.469 e. The molecule has 0 radical (unpaired) electrons. The number of likely N-dealkylation sites (N-methyl/N-ethyl adjacent to an activating group) is 1. The lowest BCUT2D eigenvalue weighted by Gasteiger charge is -2.56. The van der Waals surface area contributed by atoms with E-state index in [1.165, 1.54) is 18.2 Å². The fourth-order valence-electron chi connectivity index (χ4n) is 6.99. The smallest absolute Gasteiger partial charge is 0.310 e. The van der Waals surface area contributed by atoms with Crippen molar-refractivity contribution in [2.75, 3.05) is 32.1 Å². The van der Waals surface area contributed by atoms with Crippen molar-refractivity contribution in [3.8, 4) is 0 Å². The second kappa shape index (κ2) is 5.11. The van der Waals surface area contributed by atoms with Crippen LogP contribution in [0.3, 0.4) is 0 Å². The van der Waals surface area contributed by atoms with E-state index >= 15 is 0 Å². The molecule has 5 heteroatoms. The minimum absolute atomic E-state index is 0.0282. The van der Waals surface area contributed by atoms with Crippen molar-refractivity contribution in [3.05, 3.63) is 41.5 Å². The van der Waals surface area contributed by atoms with E-state index in [0.717, 1.165) is 25.2 Å². The van der Waals surface area contributed by atoms with Gasteiger partial charge in [-0.15, -0.1) is 0 Å². The van der Waals surface area contributed by atoms with Gasteiger partial charge >= 0.3 is 5.97 Å². The summed E-state index contributed by atoms with van der Waals surface area (Å²) in [6.07, 6.45) is 3.12. The number of carbonyl (C=O) groups excluding carboxylic acids is 1. The van der Waals surface area contributed by atoms with Gasteiger partial charge in [-0.2, -0.15) is 0 Å². The Kier molecular flexibility index (Phi) is 3.21. The summed E-state index contributed by atoms with van der Waals surface area (Å²) in [5.74, 6) is -0.374. The van der Waals surface area contributed by atoms with Crippen molar-refractivity contribution in [2.45, 2.75) is 36.9 Å². The molecule has 1 spiro atoms. The van der Waals surface area contributed by atoms with Crippen molar-refractivity contribution in [1.29, 1.82) is 0 Å². The average molecular weight is 354 g/mol. The van der Waals surface area contributed by atoms with E-state index in [1.807, 2.05) is 13.0 Å². The standard InChI is InChI=1S/C21H26N2O3/c1-4-13-12-23-10-9-20-15-7-5-6-8-16(15)22(2)21(20,23)17(24)11-14(13)18(20)19(25)26-3/h4-8,14,17-18,24H,9-12H2,1-3H3/t14-,17-,18+,20-,21-/m0/s1. The molecule has 1 N–H and O–H groups in total. The van der Waals surface area contributed by atoms with Crippen molar-refractivity contribution < 1.29 is 14.6 Å². The van der Waals surface area contributed by atoms with Crippen LogP contribution in [-0.4, -0.2) is 55.0 Å². The molecule has 6 atom stereocenters. The number of benzene rings is 1. The Labute approximate surface area is 154 Å². The monoisotopic (exact) mass is 354 g/mol. The van der Waals surface area contributed by atoms with Crippen LogP contribution in [0.4, 0.5) is 5.69 Å². The van der Waals surface area contributed by atoms with Gasteiger partial charge in [0, 0.05) is 25.8 Å². The zero-order valence-electron chi connectivity index (χ0n) is 15.6. The van der Waals surface area contributed by atoms with Crippen LogP contribution >= 0.6 is 0 Å². The lowest BCUT2D eigenvalue weighted by molar-refractivity contribution is -0.159. The first-order chi connectivity index (χ1) is 12.5. The fourth-order valence-corrected chi connectivity index (χ4v) is 6.99. The van der Waals surface area contributed by atoms with Gasteiger partial charge in [0.1, 0.15) is 5.66 Å². The molecule has 26 heavy (non-hydrogen) atoms. The van der Waals surface area contributed by atoms with Crippen LogP contribution in [0.25, 0.3) is 0 Å². The van der Waals surface area contributed by atoms with Crippen molar-refractivity contribution in [2.24, 2.45) is 11.8 Å². The van der Waals surface area contributed by atoms with Crippen molar-refractivity contribution >= 4 is 11.7 Å². The Morgan fingerprint density at radius 2 is 2.15 bits per heavy atom. The van der Waals surface area contributed by atoms with Gasteiger partial charge in [-0.3, -0.25) is 9.69 Å². The number of hydrogen-bond acceptors (Lipinski definition) is 5. The van der Waals surface area contributed by atoms with Crippen molar-refractivity contribution in [3.63, 3.8) is 0 Å². The number of hydrogen-bond donors (Lipinski definition) is 1. The molecule has 1 aromatic rings. The molecule has 5 nitrogen and oxygen atoms in total. The van der Waals surface area contributed by atoms with E-state index in [1.54, 1.807) is 0 Å². The van der Waals surface area contributed by atoms with Crippen LogP contribution in [0, 0.1) is 11.8 Å². The van der Waals surface area contributed by atoms with Gasteiger partial charge in [-0.1, -0.05) is 29.8 Å². The molecule has 1 aliphatic carbocycles. The summed E-state index contributed by atoms with van der Waals surface area (Å²) in [5, 5.41) is 11.5. The van der Waals surface area contributed by atoms with Gasteiger partial charge in [0.15, 0.2) is 0 Å². The van der Waals surface area contributed by atoms with Gasteiger partial charge in [0.05, 0.1) is 24.5 Å². The summed E-state index contributed by atoms with van der Waals surface area (Å²) >= 11 is 0. The topological polar surface area (TPSA) is 53.0 Å². The second-order valence-electron chi connectivity index (χ2n) is 8.17. The Morgan fingerprint density at radius 1 is 1.38 bits per heavy atom. The molecular formula is C21H26N2O3. The number of ether oxygens (including phenoxy) is 1. The highest BCUT2D eigenvalue weighted by Crippen LogP contribution is 2.69. The average Bonchev–Trinajstić information content (AvgIpc) is 3.03. The third-order valence-corrected chi connectivity index (χ3v) is 7.72. The van der Waals surface area contributed by atoms with Gasteiger partial charge in [-0.25, -0.2) is 0 Å². The predicted octanol–water partition coefficient (Wildman–Crippen LogP) is 1.91. The number of aliphatic hydroxyl groups excluding tert-OH is 1. The number of para-hydroxylation sites is 1. The molecule has 6 rings (SSSR count). The summed E-state index contributed by atoms with van der Waals surface area (Å²) < 4.78 is 5.34. The number of anilines is 1. The second-order valence-corrected chi connectivity index (χ2v) is 8.17. The van der Waals surface area contributed by atoms with Gasteiger partial charge in [0.2, 0.25) is 0 Å². The highest BCUT2D eigenvalue weighted by Gasteiger charge is 2.78. The van der Waals surface area contributed by atoms with Crippen LogP contribution in [0.2, 0.25) is 0 Å². The maximum atomic E-state index is 13.1. The molecule has 0 amide bonds. The minimum atomic E-state index is -0.573. The van der Waals surface area contributed by atoms with E-state index in [2.05, 4.69) is 41.1 Å². The molecule has 4 heterocycles. The van der Waals surface area contributed by atoms with Gasteiger partial charge in [0.25, 0.3) is 0 Å². The first kappa shape index (κ1) is 16.3. The van der Waals surface area contributed by atoms with Crippen LogP contribution in [0.1, 0.15) is 25.3 Å². The highest BCUT2D eigenvalue weighted by atomic mass is 16.5. The number of methoxy groups -OCH3 is 1. The third kappa shape index (κ3) is 1.47. The normalized spacial score (nSPS) is 44.0. The van der Waals surface area contributed by atoms with E-state index in [0.29, 0.717) is 6.42 Å². The number of nitrogens with zero attached hydrogens (tertiary/aromatic N) is 2. The van der Waals surface area contributed by atoms with E-state index in [4.69, 9.17) is 4.74 Å². The number of fused-ring (bicyclic) bond motifs is 3. The number of allylic oxidation sites excluding steroid dienone is 1. The zero-order chi connectivity index (χ0) is 18.3. The summed E-state index contributed by atoms with van der Waals surface area (Å²) in [5.41, 5.74) is 2.59.